The van der Waals surface area contributed by atoms with Gasteiger partial charge in [0.25, 0.3) is 5.56 Å². The molecule has 84 valence electrons. The fraction of sp³-hybridized carbons (Fsp3) is 0.727. The lowest BCUT2D eigenvalue weighted by atomic mass is 9.99. The maximum absolute atomic E-state index is 11.8. The molecule has 1 aliphatic carbocycles. The molecule has 1 saturated carbocycles. The van der Waals surface area contributed by atoms with Gasteiger partial charge in [0, 0.05) is 24.2 Å². The van der Waals surface area contributed by atoms with Gasteiger partial charge in [0.1, 0.15) is 0 Å². The summed E-state index contributed by atoms with van der Waals surface area (Å²) in [5, 5.41) is 3.19. The van der Waals surface area contributed by atoms with Crippen molar-refractivity contribution in [2.24, 2.45) is 12.8 Å². The number of H-pyrrole nitrogens is 1. The predicted molar refractivity (Wildman–Crippen MR) is 60.0 cm³/mol. The summed E-state index contributed by atoms with van der Waals surface area (Å²) in [6.45, 7) is 0.548. The molecule has 0 saturated heterocycles. The Bertz CT molecular complexity index is 385. The van der Waals surface area contributed by atoms with E-state index in [0.717, 1.165) is 11.3 Å². The van der Waals surface area contributed by atoms with Crippen molar-refractivity contribution in [1.29, 1.82) is 0 Å². The van der Waals surface area contributed by atoms with Gasteiger partial charge >= 0.3 is 0 Å². The van der Waals surface area contributed by atoms with Crippen molar-refractivity contribution in [3.8, 4) is 0 Å². The SMILES string of the molecule is Cn1[nH]c(C2CCCC2)c(CCN)c1=O. The number of aromatic amines is 1. The Morgan fingerprint density at radius 3 is 2.73 bits per heavy atom. The number of nitrogens with two attached hydrogens (primary N) is 1. The first-order valence-electron chi connectivity index (χ1n) is 5.72. The van der Waals surface area contributed by atoms with Gasteiger partial charge in [0.05, 0.1) is 0 Å². The standard InChI is InChI=1S/C11H19N3O/c1-14-11(15)9(6-7-12)10(13-14)8-4-2-3-5-8/h8,13H,2-7,12H2,1H3. The number of aryl methyl sites for hydroxylation is 1. The first-order valence-corrected chi connectivity index (χ1v) is 5.72. The molecule has 1 heterocycles. The second kappa shape index (κ2) is 4.23. The molecule has 1 aliphatic rings. The molecule has 0 radical (unpaired) electrons. The van der Waals surface area contributed by atoms with E-state index in [2.05, 4.69) is 5.10 Å². The molecule has 1 fully saturated rings. The molecule has 3 N–H and O–H groups in total. The Kier molecular flexibility index (Phi) is 2.95. The largest absolute Gasteiger partial charge is 0.330 e. The van der Waals surface area contributed by atoms with E-state index in [1.807, 2.05) is 0 Å². The second-order valence-corrected chi connectivity index (χ2v) is 4.39. The second-order valence-electron chi connectivity index (χ2n) is 4.39. The van der Waals surface area contributed by atoms with E-state index in [-0.39, 0.29) is 5.56 Å². The van der Waals surface area contributed by atoms with Gasteiger partial charge in [-0.2, -0.15) is 0 Å². The Labute approximate surface area is 89.5 Å². The Morgan fingerprint density at radius 1 is 1.47 bits per heavy atom. The van der Waals surface area contributed by atoms with Crippen LogP contribution in [0.1, 0.15) is 42.9 Å². The number of nitrogens with one attached hydrogen (secondary N) is 1. The highest BCUT2D eigenvalue weighted by Crippen LogP contribution is 2.33. The molecule has 4 nitrogen and oxygen atoms in total. The van der Waals surface area contributed by atoms with Crippen LogP contribution < -0.4 is 11.3 Å². The van der Waals surface area contributed by atoms with E-state index in [9.17, 15) is 4.79 Å². The summed E-state index contributed by atoms with van der Waals surface area (Å²) >= 11 is 0. The maximum Gasteiger partial charge on any atom is 0.269 e. The minimum absolute atomic E-state index is 0.0994. The van der Waals surface area contributed by atoms with Crippen molar-refractivity contribution >= 4 is 0 Å². The number of hydrogen-bond acceptors (Lipinski definition) is 2. The van der Waals surface area contributed by atoms with Gasteiger partial charge in [0.15, 0.2) is 0 Å². The first-order chi connectivity index (χ1) is 7.24. The first kappa shape index (κ1) is 10.5. The van der Waals surface area contributed by atoms with Crippen molar-refractivity contribution in [3.63, 3.8) is 0 Å². The predicted octanol–water partition coefficient (Wildman–Crippen LogP) is 0.872. The van der Waals surface area contributed by atoms with Crippen LogP contribution in [0.5, 0.6) is 0 Å². The molecule has 0 atom stereocenters. The lowest BCUT2D eigenvalue weighted by molar-refractivity contribution is 0.649. The highest BCUT2D eigenvalue weighted by molar-refractivity contribution is 5.22. The summed E-state index contributed by atoms with van der Waals surface area (Å²) in [6.07, 6.45) is 5.67. The molecule has 0 spiro atoms. The van der Waals surface area contributed by atoms with Gasteiger partial charge in [0.2, 0.25) is 0 Å². The molecule has 0 aliphatic heterocycles. The Hall–Kier alpha value is -1.03. The van der Waals surface area contributed by atoms with Crippen molar-refractivity contribution in [2.45, 2.75) is 38.0 Å². The number of hydrogen-bond donors (Lipinski definition) is 2. The van der Waals surface area contributed by atoms with E-state index in [0.29, 0.717) is 18.9 Å². The topological polar surface area (TPSA) is 63.8 Å². The van der Waals surface area contributed by atoms with Gasteiger partial charge in [-0.3, -0.25) is 14.6 Å². The summed E-state index contributed by atoms with van der Waals surface area (Å²) in [5.74, 6) is 0.556. The average molecular weight is 209 g/mol. The van der Waals surface area contributed by atoms with Gasteiger partial charge in [-0.1, -0.05) is 12.8 Å². The van der Waals surface area contributed by atoms with E-state index >= 15 is 0 Å². The minimum Gasteiger partial charge on any atom is -0.330 e. The molecular formula is C11H19N3O. The zero-order valence-corrected chi connectivity index (χ0v) is 9.25. The van der Waals surface area contributed by atoms with Crippen LogP contribution in [0.15, 0.2) is 4.79 Å². The van der Waals surface area contributed by atoms with Crippen LogP contribution in [0.3, 0.4) is 0 Å². The maximum atomic E-state index is 11.8. The lowest BCUT2D eigenvalue weighted by Gasteiger charge is -2.08. The van der Waals surface area contributed by atoms with Crippen LogP contribution in [0, 0.1) is 0 Å². The number of rotatable bonds is 3. The molecule has 15 heavy (non-hydrogen) atoms. The lowest BCUT2D eigenvalue weighted by Crippen LogP contribution is -2.18. The van der Waals surface area contributed by atoms with Crippen LogP contribution in [0.4, 0.5) is 0 Å². The van der Waals surface area contributed by atoms with Crippen LogP contribution in [0.25, 0.3) is 0 Å². The van der Waals surface area contributed by atoms with Gasteiger partial charge in [-0.15, -0.1) is 0 Å². The van der Waals surface area contributed by atoms with Crippen LogP contribution in [-0.4, -0.2) is 16.3 Å². The van der Waals surface area contributed by atoms with Crippen molar-refractivity contribution < 1.29 is 0 Å². The summed E-state index contributed by atoms with van der Waals surface area (Å²) in [5.41, 5.74) is 7.70. The number of nitrogens with zero attached hydrogens (tertiary/aromatic N) is 1. The van der Waals surface area contributed by atoms with Crippen LogP contribution in [-0.2, 0) is 13.5 Å². The van der Waals surface area contributed by atoms with Gasteiger partial charge in [-0.05, 0) is 25.8 Å². The number of aromatic nitrogens is 2. The molecule has 0 bridgehead atoms. The highest BCUT2D eigenvalue weighted by Gasteiger charge is 2.23. The minimum atomic E-state index is 0.0994. The molecule has 1 aromatic heterocycles. The summed E-state index contributed by atoms with van der Waals surface area (Å²) < 4.78 is 1.58. The summed E-state index contributed by atoms with van der Waals surface area (Å²) in [4.78, 5) is 11.8. The fourth-order valence-electron chi connectivity index (χ4n) is 2.55. The van der Waals surface area contributed by atoms with Gasteiger partial charge in [-0.25, -0.2) is 0 Å². The normalized spacial score (nSPS) is 17.5. The molecule has 1 aromatic rings. The van der Waals surface area contributed by atoms with Crippen molar-refractivity contribution in [2.75, 3.05) is 6.54 Å². The average Bonchev–Trinajstić information content (AvgIpc) is 2.81. The smallest absolute Gasteiger partial charge is 0.269 e. The summed E-state index contributed by atoms with van der Waals surface area (Å²) in [7, 11) is 1.78. The molecule has 0 unspecified atom stereocenters. The third kappa shape index (κ3) is 1.86. The monoisotopic (exact) mass is 209 g/mol. The fourth-order valence-corrected chi connectivity index (χ4v) is 2.55. The quantitative estimate of drug-likeness (QED) is 0.776. The van der Waals surface area contributed by atoms with Crippen LogP contribution >= 0.6 is 0 Å². The van der Waals surface area contributed by atoms with E-state index in [4.69, 9.17) is 5.73 Å². The van der Waals surface area contributed by atoms with E-state index in [1.54, 1.807) is 11.7 Å². The van der Waals surface area contributed by atoms with Crippen molar-refractivity contribution in [3.05, 3.63) is 21.6 Å². The third-order valence-corrected chi connectivity index (χ3v) is 3.33. The molecule has 0 aromatic carbocycles. The van der Waals surface area contributed by atoms with Crippen LogP contribution in [0.2, 0.25) is 0 Å². The molecule has 4 heteroatoms. The Balaban J connectivity index is 2.36. The zero-order chi connectivity index (χ0) is 10.8. The third-order valence-electron chi connectivity index (χ3n) is 3.33. The summed E-state index contributed by atoms with van der Waals surface area (Å²) in [6, 6.07) is 0. The van der Waals surface area contributed by atoms with E-state index < -0.39 is 0 Å². The van der Waals surface area contributed by atoms with E-state index in [1.165, 1.54) is 25.7 Å². The molecule has 0 amide bonds. The van der Waals surface area contributed by atoms with Gasteiger partial charge < -0.3 is 5.73 Å². The zero-order valence-electron chi connectivity index (χ0n) is 9.25. The molecular weight excluding hydrogens is 190 g/mol. The molecule has 2 rings (SSSR count). The Morgan fingerprint density at radius 2 is 2.13 bits per heavy atom. The van der Waals surface area contributed by atoms with Crippen molar-refractivity contribution in [1.82, 2.24) is 9.78 Å². The highest BCUT2D eigenvalue weighted by atomic mass is 16.1.